The molecule has 0 spiro atoms. The number of carbonyl (C=O) groups excluding carboxylic acids is 4. The Labute approximate surface area is 304 Å². The summed E-state index contributed by atoms with van der Waals surface area (Å²) >= 11 is 6.18. The Kier molecular flexibility index (Phi) is 10.2. The second kappa shape index (κ2) is 14.7. The van der Waals surface area contributed by atoms with E-state index in [1.54, 1.807) is 17.0 Å². The fraction of sp³-hybridized carbons (Fsp3) is 0.303. The van der Waals surface area contributed by atoms with Gasteiger partial charge >= 0.3 is 25.1 Å². The Hall–Kier alpha value is -5.82. The van der Waals surface area contributed by atoms with Gasteiger partial charge in [-0.25, -0.2) is 28.1 Å². The number of nitrogens with one attached hydrogen (secondary N) is 2. The number of amides is 6. The summed E-state index contributed by atoms with van der Waals surface area (Å²) in [6.45, 7) is 0.561. The van der Waals surface area contributed by atoms with E-state index < -0.39 is 88.1 Å². The first-order chi connectivity index (χ1) is 25.2. The van der Waals surface area contributed by atoms with Crippen LogP contribution in [0.3, 0.4) is 0 Å². The summed E-state index contributed by atoms with van der Waals surface area (Å²) in [5.41, 5.74) is -0.972. The van der Waals surface area contributed by atoms with E-state index in [1.807, 2.05) is 0 Å². The zero-order valence-corrected chi connectivity index (χ0v) is 28.2. The molecule has 3 heterocycles. The van der Waals surface area contributed by atoms with Gasteiger partial charge in [-0.3, -0.25) is 9.59 Å². The van der Waals surface area contributed by atoms with Crippen LogP contribution in [-0.2, 0) is 11.2 Å². The molecule has 16 nitrogen and oxygen atoms in total. The number of carboxylic acids is 1. The van der Waals surface area contributed by atoms with E-state index >= 15 is 0 Å². The topological polar surface area (TPSA) is 230 Å². The summed E-state index contributed by atoms with van der Waals surface area (Å²) in [6, 6.07) is 4.41. The number of piperidine rings is 1. The van der Waals surface area contributed by atoms with Crippen LogP contribution in [0.5, 0.6) is 23.0 Å². The molecule has 3 aromatic rings. The number of halogens is 3. The van der Waals surface area contributed by atoms with Crippen molar-refractivity contribution < 1.29 is 62.9 Å². The van der Waals surface area contributed by atoms with E-state index in [1.165, 1.54) is 23.1 Å². The number of hydrogen-bond donors (Lipinski definition) is 7. The highest BCUT2D eigenvalue weighted by Gasteiger charge is 2.43. The molecule has 0 aromatic heterocycles. The molecule has 20 heteroatoms. The van der Waals surface area contributed by atoms with Crippen molar-refractivity contribution >= 4 is 48.6 Å². The molecular weight excluding hydrogens is 727 g/mol. The Morgan fingerprint density at radius 3 is 2.36 bits per heavy atom. The third-order valence-corrected chi connectivity index (χ3v) is 9.76. The van der Waals surface area contributed by atoms with Gasteiger partial charge in [0.25, 0.3) is 5.91 Å². The lowest BCUT2D eigenvalue weighted by atomic mass is 9.72. The molecule has 53 heavy (non-hydrogen) atoms. The molecular formula is C33H31BClF2N5O11. The molecule has 2 fully saturated rings. The van der Waals surface area contributed by atoms with Gasteiger partial charge < -0.3 is 50.5 Å². The lowest BCUT2D eigenvalue weighted by Crippen LogP contribution is -2.56. The molecule has 6 rings (SSSR count). The quantitative estimate of drug-likeness (QED) is 0.137. The van der Waals surface area contributed by atoms with Gasteiger partial charge in [0.2, 0.25) is 5.91 Å². The van der Waals surface area contributed by atoms with Crippen LogP contribution in [0.25, 0.3) is 0 Å². The smallest absolute Gasteiger partial charge is 0.534 e. The molecule has 6 amide bonds. The van der Waals surface area contributed by atoms with Gasteiger partial charge in [0.15, 0.2) is 17.3 Å². The Morgan fingerprint density at radius 1 is 0.962 bits per heavy atom. The predicted molar refractivity (Wildman–Crippen MR) is 179 cm³/mol. The zero-order chi connectivity index (χ0) is 38.3. The standard InChI is InChI=1S/C33H31BClF2N5O11/c35-24-19(14-21(37)26(44)27(24)45)25(29(46)38-22-13-15-4-5-20(36)23(31(48)49)28(15)53-34(22)52)39-32(50)42-11-10-41(33(42)51)17-6-8-40(9-7-17)30(47)16-2-1-3-18(43)12-16/h1-5,12,14,17,22,25,43-45,52H,6-11,13H2,(H,38,46)(H,39,50)(H,48,49)/t22-,25?/m0/s1. The van der Waals surface area contributed by atoms with Gasteiger partial charge in [0.1, 0.15) is 28.9 Å². The van der Waals surface area contributed by atoms with Crippen LogP contribution in [0.4, 0.5) is 18.4 Å². The number of likely N-dealkylation sites (tertiary alicyclic amines) is 1. The molecule has 2 atom stereocenters. The van der Waals surface area contributed by atoms with Crippen LogP contribution in [0.2, 0.25) is 5.02 Å². The van der Waals surface area contributed by atoms with Crippen molar-refractivity contribution in [3.8, 4) is 23.0 Å². The molecule has 278 valence electrons. The fourth-order valence-corrected chi connectivity index (χ4v) is 6.88. The highest BCUT2D eigenvalue weighted by atomic mass is 35.5. The van der Waals surface area contributed by atoms with Gasteiger partial charge in [-0.1, -0.05) is 23.7 Å². The number of carbonyl (C=O) groups is 5. The van der Waals surface area contributed by atoms with Crippen LogP contribution < -0.4 is 15.3 Å². The molecule has 0 aliphatic carbocycles. The summed E-state index contributed by atoms with van der Waals surface area (Å²) in [5.74, 6) is -9.89. The summed E-state index contributed by atoms with van der Waals surface area (Å²) in [5, 5.41) is 53.9. The molecule has 3 aromatic carbocycles. The Balaban J connectivity index is 1.17. The Bertz CT molecular complexity index is 2020. The third kappa shape index (κ3) is 7.16. The average molecular weight is 758 g/mol. The number of phenolic OH excluding ortho intramolecular Hbond substituents is 3. The molecule has 0 saturated carbocycles. The van der Waals surface area contributed by atoms with E-state index in [-0.39, 0.29) is 42.8 Å². The second-order valence-electron chi connectivity index (χ2n) is 12.6. The number of phenols is 3. The van der Waals surface area contributed by atoms with E-state index in [0.717, 1.165) is 11.0 Å². The van der Waals surface area contributed by atoms with E-state index in [2.05, 4.69) is 10.6 Å². The lowest BCUT2D eigenvalue weighted by Gasteiger charge is -2.36. The fourth-order valence-electron chi connectivity index (χ4n) is 6.63. The van der Waals surface area contributed by atoms with Crippen molar-refractivity contribution in [2.24, 2.45) is 0 Å². The number of aromatic hydroxyl groups is 3. The number of carboxylic acid groups (broad SMARTS) is 1. The minimum Gasteiger partial charge on any atom is -0.534 e. The van der Waals surface area contributed by atoms with Crippen molar-refractivity contribution in [1.82, 2.24) is 25.3 Å². The van der Waals surface area contributed by atoms with Crippen molar-refractivity contribution in [2.45, 2.75) is 37.3 Å². The number of benzene rings is 3. The van der Waals surface area contributed by atoms with Crippen molar-refractivity contribution in [3.05, 3.63) is 81.4 Å². The van der Waals surface area contributed by atoms with Crippen LogP contribution in [-0.4, -0.2) is 115 Å². The lowest BCUT2D eigenvalue weighted by molar-refractivity contribution is -0.123. The summed E-state index contributed by atoms with van der Waals surface area (Å²) in [7, 11) is -1.93. The normalized spacial score (nSPS) is 18.0. The first-order valence-electron chi connectivity index (χ1n) is 16.2. The minimum absolute atomic E-state index is 0.0543. The molecule has 3 aliphatic rings. The molecule has 3 aliphatic heterocycles. The molecule has 0 radical (unpaired) electrons. The minimum atomic E-state index is -1.96. The highest BCUT2D eigenvalue weighted by Crippen LogP contribution is 2.41. The highest BCUT2D eigenvalue weighted by molar-refractivity contribution is 6.47. The predicted octanol–water partition coefficient (Wildman–Crippen LogP) is 2.37. The van der Waals surface area contributed by atoms with Crippen LogP contribution >= 0.6 is 11.6 Å². The van der Waals surface area contributed by atoms with Crippen LogP contribution in [0.15, 0.2) is 42.5 Å². The summed E-state index contributed by atoms with van der Waals surface area (Å²) < 4.78 is 34.1. The second-order valence-corrected chi connectivity index (χ2v) is 13.0. The maximum atomic E-state index is 14.7. The average Bonchev–Trinajstić information content (AvgIpc) is 3.52. The third-order valence-electron chi connectivity index (χ3n) is 9.36. The molecule has 7 N–H and O–H groups in total. The first-order valence-corrected chi connectivity index (χ1v) is 16.6. The van der Waals surface area contributed by atoms with Crippen molar-refractivity contribution in [1.29, 1.82) is 0 Å². The summed E-state index contributed by atoms with van der Waals surface area (Å²) in [4.78, 5) is 69.3. The number of imide groups is 1. The van der Waals surface area contributed by atoms with Gasteiger partial charge in [-0.2, -0.15) is 0 Å². The SMILES string of the molecule is O=C(O)c1c(F)ccc2c1OB(O)[C@@H](NC(=O)C(NC(=O)N1CCN(C3CCN(C(=O)c4cccc(O)c4)CC3)C1=O)c1cc(F)c(O)c(O)c1Cl)C2. The maximum Gasteiger partial charge on any atom is 0.547 e. The Morgan fingerprint density at radius 2 is 1.68 bits per heavy atom. The number of urea groups is 2. The monoisotopic (exact) mass is 757 g/mol. The van der Waals surface area contributed by atoms with E-state index in [0.29, 0.717) is 37.6 Å². The van der Waals surface area contributed by atoms with Crippen LogP contribution in [0, 0.1) is 11.6 Å². The zero-order valence-electron chi connectivity index (χ0n) is 27.5. The van der Waals surface area contributed by atoms with Crippen LogP contribution in [0.1, 0.15) is 50.7 Å². The van der Waals surface area contributed by atoms with E-state index in [9.17, 15) is 58.2 Å². The molecule has 1 unspecified atom stereocenters. The largest absolute Gasteiger partial charge is 0.547 e. The number of fused-ring (bicyclic) bond motifs is 1. The maximum absolute atomic E-state index is 14.7. The van der Waals surface area contributed by atoms with Gasteiger partial charge in [0, 0.05) is 43.3 Å². The summed E-state index contributed by atoms with van der Waals surface area (Å²) in [6.07, 6.45) is 0.478. The van der Waals surface area contributed by atoms with Crippen molar-refractivity contribution in [3.63, 3.8) is 0 Å². The molecule has 0 bridgehead atoms. The molecule has 2 saturated heterocycles. The van der Waals surface area contributed by atoms with Gasteiger partial charge in [0.05, 0.1) is 11.0 Å². The van der Waals surface area contributed by atoms with Gasteiger partial charge in [-0.15, -0.1) is 0 Å². The number of aromatic carboxylic acids is 1. The van der Waals surface area contributed by atoms with Crippen molar-refractivity contribution in [2.75, 3.05) is 26.2 Å². The first kappa shape index (κ1) is 37.0. The van der Waals surface area contributed by atoms with Gasteiger partial charge in [-0.05, 0) is 55.2 Å². The number of nitrogens with zero attached hydrogens (tertiary/aromatic N) is 3. The van der Waals surface area contributed by atoms with E-state index in [4.69, 9.17) is 16.3 Å². The number of rotatable bonds is 7. The number of hydrogen-bond acceptors (Lipinski definition) is 10.